The summed E-state index contributed by atoms with van der Waals surface area (Å²) in [5.74, 6) is -0.346. The van der Waals surface area contributed by atoms with Crippen LogP contribution in [0.25, 0.3) is 0 Å². The quantitative estimate of drug-likeness (QED) is 0.836. The number of methoxy groups -OCH3 is 1. The number of carbonyl (C=O) groups excluding carboxylic acids is 1. The predicted octanol–water partition coefficient (Wildman–Crippen LogP) is 2.89. The van der Waals surface area contributed by atoms with E-state index in [1.807, 2.05) is 19.9 Å². The maximum absolute atomic E-state index is 13.3. The van der Waals surface area contributed by atoms with Gasteiger partial charge in [0.15, 0.2) is 0 Å². The van der Waals surface area contributed by atoms with Crippen molar-refractivity contribution < 1.29 is 13.9 Å². The van der Waals surface area contributed by atoms with Crippen molar-refractivity contribution in [3.63, 3.8) is 0 Å². The standard InChI is InChI=1S/C14H18FNO2/c1-9-6-11(15)8-12(7-9)16-14(2,10-4-5-10)13(17)18-3/h6-8,10,16H,4-5H2,1-3H3. The smallest absolute Gasteiger partial charge is 0.331 e. The summed E-state index contributed by atoms with van der Waals surface area (Å²) in [5.41, 5.74) is 0.669. The highest BCUT2D eigenvalue weighted by atomic mass is 19.1. The molecular weight excluding hydrogens is 233 g/mol. The van der Waals surface area contributed by atoms with Gasteiger partial charge in [-0.1, -0.05) is 0 Å². The minimum atomic E-state index is -0.769. The fraction of sp³-hybridized carbons (Fsp3) is 0.500. The van der Waals surface area contributed by atoms with Crippen molar-refractivity contribution in [2.75, 3.05) is 12.4 Å². The minimum absolute atomic E-state index is 0.258. The van der Waals surface area contributed by atoms with Gasteiger partial charge in [-0.3, -0.25) is 0 Å². The summed E-state index contributed by atoms with van der Waals surface area (Å²) in [4.78, 5) is 11.9. The van der Waals surface area contributed by atoms with Gasteiger partial charge in [0, 0.05) is 5.69 Å². The fourth-order valence-corrected chi connectivity index (χ4v) is 2.30. The summed E-state index contributed by atoms with van der Waals surface area (Å²) in [7, 11) is 1.38. The second-order valence-electron chi connectivity index (χ2n) is 5.11. The lowest BCUT2D eigenvalue weighted by atomic mass is 9.95. The molecule has 98 valence electrons. The van der Waals surface area contributed by atoms with E-state index in [1.54, 1.807) is 0 Å². The summed E-state index contributed by atoms with van der Waals surface area (Å²) >= 11 is 0. The first-order valence-electron chi connectivity index (χ1n) is 6.09. The first kappa shape index (κ1) is 12.9. The van der Waals surface area contributed by atoms with Crippen LogP contribution in [-0.4, -0.2) is 18.6 Å². The number of nitrogens with one attached hydrogen (secondary N) is 1. The van der Waals surface area contributed by atoms with Gasteiger partial charge in [-0.05, 0) is 56.4 Å². The van der Waals surface area contributed by atoms with Crippen molar-refractivity contribution >= 4 is 11.7 Å². The molecule has 0 amide bonds. The van der Waals surface area contributed by atoms with Gasteiger partial charge >= 0.3 is 5.97 Å². The Hall–Kier alpha value is -1.58. The van der Waals surface area contributed by atoms with Crippen molar-refractivity contribution in [1.82, 2.24) is 0 Å². The average molecular weight is 251 g/mol. The molecule has 4 heteroatoms. The number of anilines is 1. The molecule has 1 aliphatic rings. The summed E-state index contributed by atoms with van der Waals surface area (Å²) in [6.07, 6.45) is 1.99. The maximum atomic E-state index is 13.3. The zero-order valence-corrected chi connectivity index (χ0v) is 10.9. The van der Waals surface area contributed by atoms with E-state index < -0.39 is 5.54 Å². The number of hydrogen-bond acceptors (Lipinski definition) is 3. The van der Waals surface area contributed by atoms with Gasteiger partial charge in [-0.25, -0.2) is 9.18 Å². The first-order valence-corrected chi connectivity index (χ1v) is 6.09. The molecule has 0 aromatic heterocycles. The van der Waals surface area contributed by atoms with Crippen LogP contribution in [0.5, 0.6) is 0 Å². The van der Waals surface area contributed by atoms with Crippen LogP contribution in [-0.2, 0) is 9.53 Å². The largest absolute Gasteiger partial charge is 0.467 e. The van der Waals surface area contributed by atoms with Crippen molar-refractivity contribution in [1.29, 1.82) is 0 Å². The Kier molecular flexibility index (Phi) is 3.28. The van der Waals surface area contributed by atoms with E-state index in [0.717, 1.165) is 18.4 Å². The van der Waals surface area contributed by atoms with Crippen LogP contribution < -0.4 is 5.32 Å². The van der Waals surface area contributed by atoms with Crippen molar-refractivity contribution in [3.8, 4) is 0 Å². The zero-order valence-electron chi connectivity index (χ0n) is 10.9. The molecular formula is C14H18FNO2. The summed E-state index contributed by atoms with van der Waals surface area (Å²) in [5, 5.41) is 3.14. The highest BCUT2D eigenvalue weighted by Gasteiger charge is 2.48. The minimum Gasteiger partial charge on any atom is -0.467 e. The van der Waals surface area contributed by atoms with E-state index >= 15 is 0 Å². The van der Waals surface area contributed by atoms with Gasteiger partial charge in [-0.2, -0.15) is 0 Å². The molecule has 1 fully saturated rings. The molecule has 1 atom stereocenters. The normalized spacial score (nSPS) is 18.0. The van der Waals surface area contributed by atoms with Gasteiger partial charge in [0.1, 0.15) is 11.4 Å². The molecule has 0 saturated heterocycles. The Bertz CT molecular complexity index is 451. The van der Waals surface area contributed by atoms with E-state index in [4.69, 9.17) is 4.74 Å². The number of rotatable bonds is 4. The predicted molar refractivity (Wildman–Crippen MR) is 67.9 cm³/mol. The Labute approximate surface area is 106 Å². The third-order valence-electron chi connectivity index (χ3n) is 3.45. The van der Waals surface area contributed by atoms with Gasteiger partial charge in [0.05, 0.1) is 7.11 Å². The van der Waals surface area contributed by atoms with E-state index in [9.17, 15) is 9.18 Å². The van der Waals surface area contributed by atoms with Gasteiger partial charge < -0.3 is 10.1 Å². The lowest BCUT2D eigenvalue weighted by Crippen LogP contribution is -2.46. The summed E-state index contributed by atoms with van der Waals surface area (Å²) in [6.45, 7) is 3.64. The van der Waals surface area contributed by atoms with Gasteiger partial charge in [0.2, 0.25) is 0 Å². The molecule has 18 heavy (non-hydrogen) atoms. The molecule has 1 saturated carbocycles. The van der Waals surface area contributed by atoms with E-state index in [1.165, 1.54) is 19.2 Å². The number of benzene rings is 1. The first-order chi connectivity index (χ1) is 8.45. The van der Waals surface area contributed by atoms with Crippen molar-refractivity contribution in [2.45, 2.75) is 32.2 Å². The molecule has 0 bridgehead atoms. The monoisotopic (exact) mass is 251 g/mol. The Morgan fingerprint density at radius 3 is 2.61 bits per heavy atom. The van der Waals surface area contributed by atoms with Crippen molar-refractivity contribution in [2.24, 2.45) is 5.92 Å². The molecule has 0 radical (unpaired) electrons. The third-order valence-corrected chi connectivity index (χ3v) is 3.45. The lowest BCUT2D eigenvalue weighted by molar-refractivity contribution is -0.146. The van der Waals surface area contributed by atoms with E-state index in [0.29, 0.717) is 5.69 Å². The summed E-state index contributed by atoms with van der Waals surface area (Å²) in [6, 6.07) is 4.68. The molecule has 1 aliphatic carbocycles. The highest BCUT2D eigenvalue weighted by Crippen LogP contribution is 2.42. The highest BCUT2D eigenvalue weighted by molar-refractivity contribution is 5.85. The Morgan fingerprint density at radius 1 is 1.44 bits per heavy atom. The van der Waals surface area contributed by atoms with Crippen LogP contribution in [0, 0.1) is 18.7 Å². The Morgan fingerprint density at radius 2 is 2.11 bits per heavy atom. The second-order valence-corrected chi connectivity index (χ2v) is 5.11. The lowest BCUT2D eigenvalue weighted by Gasteiger charge is -2.29. The molecule has 2 rings (SSSR count). The molecule has 0 heterocycles. The number of ether oxygens (including phenoxy) is 1. The maximum Gasteiger partial charge on any atom is 0.331 e. The van der Waals surface area contributed by atoms with E-state index in [2.05, 4.69) is 5.32 Å². The molecule has 3 nitrogen and oxygen atoms in total. The number of aryl methyl sites for hydroxylation is 1. The number of carbonyl (C=O) groups is 1. The molecule has 1 aromatic carbocycles. The van der Waals surface area contributed by atoms with Gasteiger partial charge in [-0.15, -0.1) is 0 Å². The van der Waals surface area contributed by atoms with Gasteiger partial charge in [0.25, 0.3) is 0 Å². The SMILES string of the molecule is COC(=O)C(C)(Nc1cc(C)cc(F)c1)C1CC1. The molecule has 1 aromatic rings. The van der Waals surface area contributed by atoms with Crippen LogP contribution in [0.1, 0.15) is 25.3 Å². The van der Waals surface area contributed by atoms with Crippen LogP contribution in [0.2, 0.25) is 0 Å². The summed E-state index contributed by atoms with van der Waals surface area (Å²) < 4.78 is 18.2. The number of halogens is 1. The Balaban J connectivity index is 2.26. The number of esters is 1. The molecule has 0 spiro atoms. The number of hydrogen-bond donors (Lipinski definition) is 1. The molecule has 0 aliphatic heterocycles. The third kappa shape index (κ3) is 2.47. The average Bonchev–Trinajstić information content (AvgIpc) is 3.10. The second kappa shape index (κ2) is 4.59. The molecule has 1 N–H and O–H groups in total. The zero-order chi connectivity index (χ0) is 13.3. The topological polar surface area (TPSA) is 38.3 Å². The van der Waals surface area contributed by atoms with Crippen LogP contribution in [0.4, 0.5) is 10.1 Å². The van der Waals surface area contributed by atoms with Crippen LogP contribution in [0.3, 0.4) is 0 Å². The van der Waals surface area contributed by atoms with Crippen LogP contribution in [0.15, 0.2) is 18.2 Å². The van der Waals surface area contributed by atoms with Crippen LogP contribution >= 0.6 is 0 Å². The van der Waals surface area contributed by atoms with Crippen molar-refractivity contribution in [3.05, 3.63) is 29.6 Å². The fourth-order valence-electron chi connectivity index (χ4n) is 2.30. The van der Waals surface area contributed by atoms with E-state index in [-0.39, 0.29) is 17.7 Å². The molecule has 1 unspecified atom stereocenters.